The van der Waals surface area contributed by atoms with E-state index < -0.39 is 0 Å². The molecule has 0 atom stereocenters. The van der Waals surface area contributed by atoms with Crippen molar-refractivity contribution < 1.29 is 4.79 Å². The van der Waals surface area contributed by atoms with Crippen molar-refractivity contribution in [2.24, 2.45) is 5.73 Å². The molecule has 1 heterocycles. The minimum Gasteiger partial charge on any atom is -0.324 e. The Morgan fingerprint density at radius 3 is 3.09 bits per heavy atom. The highest BCUT2D eigenvalue weighted by molar-refractivity contribution is 5.91. The molecule has 0 unspecified atom stereocenters. The summed E-state index contributed by atoms with van der Waals surface area (Å²) in [7, 11) is 0. The summed E-state index contributed by atoms with van der Waals surface area (Å²) in [5.41, 5.74) is 5.76. The van der Waals surface area contributed by atoms with Gasteiger partial charge in [0.05, 0.1) is 18.4 Å². The fourth-order valence-electron chi connectivity index (χ4n) is 0.649. The third-order valence-electron chi connectivity index (χ3n) is 1.13. The fourth-order valence-corrected chi connectivity index (χ4v) is 0.649. The number of carbonyl (C=O) groups is 1. The first-order chi connectivity index (χ1) is 5.33. The van der Waals surface area contributed by atoms with Crippen LogP contribution in [0.25, 0.3) is 0 Å². The number of rotatable bonds is 2. The molecule has 0 aromatic carbocycles. The molecule has 0 aliphatic heterocycles. The Morgan fingerprint density at radius 2 is 2.55 bits per heavy atom. The quantitative estimate of drug-likeness (QED) is 0.624. The van der Waals surface area contributed by atoms with Crippen LogP contribution in [0.4, 0.5) is 5.69 Å². The van der Waals surface area contributed by atoms with Gasteiger partial charge in [0.15, 0.2) is 0 Å². The number of amides is 1. The van der Waals surface area contributed by atoms with Crippen molar-refractivity contribution in [3.05, 3.63) is 24.5 Å². The molecule has 1 rings (SSSR count). The number of nitrogens with one attached hydrogen (secondary N) is 1. The average Bonchev–Trinajstić information content (AvgIpc) is 2.06. The van der Waals surface area contributed by atoms with E-state index in [4.69, 9.17) is 5.73 Å². The van der Waals surface area contributed by atoms with E-state index >= 15 is 0 Å². The molecule has 1 aromatic heterocycles. The van der Waals surface area contributed by atoms with Crippen LogP contribution in [-0.4, -0.2) is 17.4 Å². The molecule has 11 heavy (non-hydrogen) atoms. The highest BCUT2D eigenvalue weighted by Crippen LogP contribution is 2.00. The number of anilines is 1. The Bertz CT molecular complexity index is 235. The van der Waals surface area contributed by atoms with Crippen LogP contribution in [0.5, 0.6) is 0 Å². The lowest BCUT2D eigenvalue weighted by molar-refractivity contribution is -0.114. The second-order valence-electron chi connectivity index (χ2n) is 1.99. The molecule has 58 valence electrons. The number of nitrogens with zero attached hydrogens (tertiary/aromatic N) is 1. The van der Waals surface area contributed by atoms with Crippen molar-refractivity contribution in [2.45, 2.75) is 0 Å². The second-order valence-corrected chi connectivity index (χ2v) is 1.99. The molecule has 0 radical (unpaired) electrons. The van der Waals surface area contributed by atoms with E-state index in [0.717, 1.165) is 0 Å². The molecule has 0 fully saturated rings. The third-order valence-corrected chi connectivity index (χ3v) is 1.13. The van der Waals surface area contributed by atoms with Crippen molar-refractivity contribution in [1.82, 2.24) is 4.98 Å². The SMILES string of the molecule is NCC(=O)Nc1cccnc1. The lowest BCUT2D eigenvalue weighted by Gasteiger charge is -2.00. The summed E-state index contributed by atoms with van der Waals surface area (Å²) in [5.74, 6) is -0.210. The number of pyridine rings is 1. The van der Waals surface area contributed by atoms with Crippen molar-refractivity contribution in [1.29, 1.82) is 0 Å². The minimum atomic E-state index is -0.210. The summed E-state index contributed by atoms with van der Waals surface area (Å²) >= 11 is 0. The summed E-state index contributed by atoms with van der Waals surface area (Å²) in [6, 6.07) is 3.49. The predicted molar refractivity (Wildman–Crippen MR) is 41.9 cm³/mol. The van der Waals surface area contributed by atoms with Crippen LogP contribution >= 0.6 is 0 Å². The first-order valence-electron chi connectivity index (χ1n) is 3.23. The monoisotopic (exact) mass is 151 g/mol. The molecule has 0 bridgehead atoms. The van der Waals surface area contributed by atoms with Crippen LogP contribution in [0.1, 0.15) is 0 Å². The van der Waals surface area contributed by atoms with Gasteiger partial charge in [-0.05, 0) is 12.1 Å². The Balaban J connectivity index is 2.58. The van der Waals surface area contributed by atoms with Gasteiger partial charge >= 0.3 is 0 Å². The molecule has 0 spiro atoms. The highest BCUT2D eigenvalue weighted by atomic mass is 16.1. The standard InChI is InChI=1S/C7H9N3O/c8-4-7(11)10-6-2-1-3-9-5-6/h1-3,5H,4,8H2,(H,10,11). The van der Waals surface area contributed by atoms with Gasteiger partial charge in [0, 0.05) is 6.20 Å². The van der Waals surface area contributed by atoms with Crippen molar-refractivity contribution in [2.75, 3.05) is 11.9 Å². The topological polar surface area (TPSA) is 68.0 Å². The van der Waals surface area contributed by atoms with Gasteiger partial charge in [0.25, 0.3) is 0 Å². The molecule has 1 aromatic rings. The summed E-state index contributed by atoms with van der Waals surface area (Å²) in [5, 5.41) is 2.57. The van der Waals surface area contributed by atoms with Gasteiger partial charge in [0.1, 0.15) is 0 Å². The van der Waals surface area contributed by atoms with Crippen LogP contribution in [-0.2, 0) is 4.79 Å². The Kier molecular flexibility index (Phi) is 2.57. The zero-order valence-corrected chi connectivity index (χ0v) is 5.95. The van der Waals surface area contributed by atoms with Gasteiger partial charge in [0.2, 0.25) is 5.91 Å². The molecule has 0 saturated heterocycles. The maximum Gasteiger partial charge on any atom is 0.238 e. The number of carbonyl (C=O) groups excluding carboxylic acids is 1. The zero-order chi connectivity index (χ0) is 8.10. The van der Waals surface area contributed by atoms with Crippen LogP contribution in [0.3, 0.4) is 0 Å². The molecule has 4 nitrogen and oxygen atoms in total. The number of nitrogens with two attached hydrogens (primary N) is 1. The van der Waals surface area contributed by atoms with Gasteiger partial charge < -0.3 is 11.1 Å². The Morgan fingerprint density at radius 1 is 1.73 bits per heavy atom. The van der Waals surface area contributed by atoms with Crippen LogP contribution in [0, 0.1) is 0 Å². The Hall–Kier alpha value is -1.42. The summed E-state index contributed by atoms with van der Waals surface area (Å²) < 4.78 is 0. The highest BCUT2D eigenvalue weighted by Gasteiger charge is 1.96. The van der Waals surface area contributed by atoms with Crippen LogP contribution in [0.2, 0.25) is 0 Å². The van der Waals surface area contributed by atoms with E-state index in [1.54, 1.807) is 24.5 Å². The van der Waals surface area contributed by atoms with Gasteiger partial charge in [-0.1, -0.05) is 0 Å². The zero-order valence-electron chi connectivity index (χ0n) is 5.95. The molecular weight excluding hydrogens is 142 g/mol. The van der Waals surface area contributed by atoms with Gasteiger partial charge in [-0.2, -0.15) is 0 Å². The van der Waals surface area contributed by atoms with Gasteiger partial charge in [-0.15, -0.1) is 0 Å². The van der Waals surface area contributed by atoms with Crippen LogP contribution < -0.4 is 11.1 Å². The Labute approximate surface area is 64.4 Å². The largest absolute Gasteiger partial charge is 0.324 e. The fraction of sp³-hybridized carbons (Fsp3) is 0.143. The van der Waals surface area contributed by atoms with Gasteiger partial charge in [-0.25, -0.2) is 0 Å². The number of hydrogen-bond acceptors (Lipinski definition) is 3. The summed E-state index contributed by atoms with van der Waals surface area (Å²) in [4.78, 5) is 14.5. The smallest absolute Gasteiger partial charge is 0.238 e. The summed E-state index contributed by atoms with van der Waals surface area (Å²) in [6.07, 6.45) is 3.20. The maximum atomic E-state index is 10.7. The van der Waals surface area contributed by atoms with Gasteiger partial charge in [-0.3, -0.25) is 9.78 Å². The van der Waals surface area contributed by atoms with E-state index in [9.17, 15) is 4.79 Å². The average molecular weight is 151 g/mol. The first-order valence-corrected chi connectivity index (χ1v) is 3.23. The molecule has 4 heteroatoms. The summed E-state index contributed by atoms with van der Waals surface area (Å²) in [6.45, 7) is -0.00507. The molecule has 0 aliphatic rings. The molecule has 0 saturated carbocycles. The van der Waals surface area contributed by atoms with Crippen LogP contribution in [0.15, 0.2) is 24.5 Å². The molecule has 1 amide bonds. The molecule has 0 aliphatic carbocycles. The minimum absolute atomic E-state index is 0.00507. The van der Waals surface area contributed by atoms with Crippen molar-refractivity contribution in [3.63, 3.8) is 0 Å². The van der Waals surface area contributed by atoms with E-state index in [0.29, 0.717) is 5.69 Å². The second kappa shape index (κ2) is 3.68. The van der Waals surface area contributed by atoms with Crippen molar-refractivity contribution >= 4 is 11.6 Å². The van der Waals surface area contributed by atoms with E-state index in [-0.39, 0.29) is 12.5 Å². The lowest BCUT2D eigenvalue weighted by atomic mass is 10.4. The predicted octanol–water partition coefficient (Wildman–Crippen LogP) is -0.0212. The number of aromatic nitrogens is 1. The molecular formula is C7H9N3O. The first kappa shape index (κ1) is 7.68. The molecule has 3 N–H and O–H groups in total. The van der Waals surface area contributed by atoms with Crippen molar-refractivity contribution in [3.8, 4) is 0 Å². The van der Waals surface area contributed by atoms with E-state index in [1.165, 1.54) is 0 Å². The third kappa shape index (κ3) is 2.35. The normalized spacial score (nSPS) is 9.18. The van der Waals surface area contributed by atoms with E-state index in [2.05, 4.69) is 10.3 Å². The van der Waals surface area contributed by atoms with E-state index in [1.807, 2.05) is 0 Å². The maximum absolute atomic E-state index is 10.7. The lowest BCUT2D eigenvalue weighted by Crippen LogP contribution is -2.21. The number of hydrogen-bond donors (Lipinski definition) is 2.